The average molecular weight is 426 g/mol. The van der Waals surface area contributed by atoms with Crippen molar-refractivity contribution >= 4 is 6.09 Å². The van der Waals surface area contributed by atoms with E-state index < -0.39 is 30.6 Å². The molecule has 1 amide bonds. The topological polar surface area (TPSA) is 69.7 Å². The quantitative estimate of drug-likeness (QED) is 0.656. The van der Waals surface area contributed by atoms with Crippen molar-refractivity contribution in [2.75, 3.05) is 13.2 Å². The second-order valence-electron chi connectivity index (χ2n) is 7.50. The number of hydrogen-bond acceptors (Lipinski definition) is 5. The lowest BCUT2D eigenvalue weighted by Crippen LogP contribution is -2.35. The van der Waals surface area contributed by atoms with Crippen LogP contribution < -0.4 is 10.1 Å². The highest BCUT2D eigenvalue weighted by molar-refractivity contribution is 5.67. The first-order valence-corrected chi connectivity index (χ1v) is 9.30. The third kappa shape index (κ3) is 9.13. The van der Waals surface area contributed by atoms with Gasteiger partial charge in [0.1, 0.15) is 11.7 Å². The van der Waals surface area contributed by atoms with Crippen LogP contribution >= 0.6 is 0 Å². The number of pyridine rings is 1. The number of halogens is 3. The van der Waals surface area contributed by atoms with Gasteiger partial charge in [-0.05, 0) is 38.0 Å². The maximum absolute atomic E-state index is 12.4. The van der Waals surface area contributed by atoms with E-state index in [1.807, 2.05) is 30.3 Å². The van der Waals surface area contributed by atoms with Crippen LogP contribution in [0.25, 0.3) is 0 Å². The molecule has 1 aromatic heterocycles. The molecule has 0 saturated heterocycles. The van der Waals surface area contributed by atoms with Crippen molar-refractivity contribution < 1.29 is 32.2 Å². The SMILES string of the molecule is CC(C)(C)OC(=O)NC[C@H](OCc1ccccc1)c1ccnc(OCC(F)(F)F)c1. The molecule has 9 heteroatoms. The largest absolute Gasteiger partial charge is 0.468 e. The van der Waals surface area contributed by atoms with E-state index in [9.17, 15) is 18.0 Å². The van der Waals surface area contributed by atoms with Crippen molar-refractivity contribution in [2.45, 2.75) is 45.3 Å². The van der Waals surface area contributed by atoms with Gasteiger partial charge >= 0.3 is 12.3 Å². The lowest BCUT2D eigenvalue weighted by atomic mass is 10.1. The molecule has 0 aliphatic rings. The Morgan fingerprint density at radius 3 is 2.47 bits per heavy atom. The third-order valence-corrected chi connectivity index (χ3v) is 3.64. The average Bonchev–Trinajstić information content (AvgIpc) is 2.65. The monoisotopic (exact) mass is 426 g/mol. The summed E-state index contributed by atoms with van der Waals surface area (Å²) in [6.45, 7) is 4.05. The molecule has 1 heterocycles. The molecule has 1 aromatic carbocycles. The van der Waals surface area contributed by atoms with E-state index in [1.54, 1.807) is 26.8 Å². The van der Waals surface area contributed by atoms with Crippen LogP contribution in [-0.2, 0) is 16.1 Å². The van der Waals surface area contributed by atoms with E-state index in [2.05, 4.69) is 10.3 Å². The number of carbonyl (C=O) groups is 1. The summed E-state index contributed by atoms with van der Waals surface area (Å²) in [6, 6.07) is 12.3. The van der Waals surface area contributed by atoms with Crippen molar-refractivity contribution in [1.82, 2.24) is 10.3 Å². The van der Waals surface area contributed by atoms with Gasteiger partial charge < -0.3 is 19.5 Å². The molecule has 0 unspecified atom stereocenters. The minimum Gasteiger partial charge on any atom is -0.468 e. The molecule has 0 radical (unpaired) electrons. The Hall–Kier alpha value is -2.81. The highest BCUT2D eigenvalue weighted by atomic mass is 19.4. The fourth-order valence-electron chi connectivity index (χ4n) is 2.39. The summed E-state index contributed by atoms with van der Waals surface area (Å²) in [6.07, 6.45) is -4.43. The summed E-state index contributed by atoms with van der Waals surface area (Å²) in [4.78, 5) is 15.8. The number of alkyl carbamates (subject to hydrolysis) is 1. The van der Waals surface area contributed by atoms with Crippen LogP contribution in [0.2, 0.25) is 0 Å². The number of aromatic nitrogens is 1. The first-order chi connectivity index (χ1) is 14.0. The van der Waals surface area contributed by atoms with Gasteiger partial charge in [0.25, 0.3) is 0 Å². The molecule has 0 fully saturated rings. The first-order valence-electron chi connectivity index (χ1n) is 9.30. The Morgan fingerprint density at radius 1 is 1.13 bits per heavy atom. The van der Waals surface area contributed by atoms with Gasteiger partial charge in [-0.25, -0.2) is 9.78 Å². The predicted molar refractivity (Wildman–Crippen MR) is 104 cm³/mol. The number of ether oxygens (including phenoxy) is 3. The molecule has 1 N–H and O–H groups in total. The smallest absolute Gasteiger partial charge is 0.422 e. The molecule has 0 spiro atoms. The zero-order valence-corrected chi connectivity index (χ0v) is 17.0. The maximum Gasteiger partial charge on any atom is 0.422 e. The van der Waals surface area contributed by atoms with Crippen molar-refractivity contribution in [1.29, 1.82) is 0 Å². The fourth-order valence-corrected chi connectivity index (χ4v) is 2.39. The summed E-state index contributed by atoms with van der Waals surface area (Å²) >= 11 is 0. The molecular formula is C21H25F3N2O4. The molecular weight excluding hydrogens is 401 g/mol. The molecule has 30 heavy (non-hydrogen) atoms. The van der Waals surface area contributed by atoms with Crippen molar-refractivity contribution in [3.63, 3.8) is 0 Å². The van der Waals surface area contributed by atoms with E-state index in [-0.39, 0.29) is 19.0 Å². The number of carbonyl (C=O) groups excluding carboxylic acids is 1. The van der Waals surface area contributed by atoms with Gasteiger partial charge in [0, 0.05) is 12.3 Å². The van der Waals surface area contributed by atoms with E-state index in [0.29, 0.717) is 5.56 Å². The third-order valence-electron chi connectivity index (χ3n) is 3.64. The number of amides is 1. The minimum atomic E-state index is -4.47. The molecule has 6 nitrogen and oxygen atoms in total. The van der Waals surface area contributed by atoms with Crippen LogP contribution in [0, 0.1) is 0 Å². The molecule has 1 atom stereocenters. The summed E-state index contributed by atoms with van der Waals surface area (Å²) in [5.41, 5.74) is 0.747. The number of nitrogens with one attached hydrogen (secondary N) is 1. The van der Waals surface area contributed by atoms with E-state index >= 15 is 0 Å². The molecule has 164 valence electrons. The maximum atomic E-state index is 12.4. The molecule has 2 rings (SSSR count). The predicted octanol–water partition coefficient (Wildman–Crippen LogP) is 4.81. The number of nitrogens with zero attached hydrogens (tertiary/aromatic N) is 1. The van der Waals surface area contributed by atoms with Gasteiger partial charge in [0.05, 0.1) is 13.2 Å². The lowest BCUT2D eigenvalue weighted by molar-refractivity contribution is -0.154. The van der Waals surface area contributed by atoms with Gasteiger partial charge in [-0.3, -0.25) is 0 Å². The Bertz CT molecular complexity index is 808. The van der Waals surface area contributed by atoms with Crippen molar-refractivity contribution in [3.8, 4) is 5.88 Å². The number of hydrogen-bond donors (Lipinski definition) is 1. The lowest BCUT2D eigenvalue weighted by Gasteiger charge is -2.23. The van der Waals surface area contributed by atoms with E-state index in [1.165, 1.54) is 12.3 Å². The molecule has 0 aliphatic heterocycles. The molecule has 2 aromatic rings. The van der Waals surface area contributed by atoms with E-state index in [0.717, 1.165) is 5.56 Å². The number of benzene rings is 1. The number of rotatable bonds is 8. The molecule has 0 aliphatic carbocycles. The summed E-state index contributed by atoms with van der Waals surface area (Å²) in [7, 11) is 0. The van der Waals surface area contributed by atoms with E-state index in [4.69, 9.17) is 14.2 Å². The van der Waals surface area contributed by atoms with Crippen LogP contribution in [0.3, 0.4) is 0 Å². The summed E-state index contributed by atoms with van der Waals surface area (Å²) < 4.78 is 53.1. The first kappa shape index (κ1) is 23.5. The van der Waals surface area contributed by atoms with Crippen LogP contribution in [0.1, 0.15) is 38.0 Å². The van der Waals surface area contributed by atoms with Gasteiger partial charge in [-0.15, -0.1) is 0 Å². The fraction of sp³-hybridized carbons (Fsp3) is 0.429. The Kier molecular flexibility index (Phi) is 8.05. The Balaban J connectivity index is 2.10. The van der Waals surface area contributed by atoms with Crippen LogP contribution in [-0.4, -0.2) is 36.0 Å². The highest BCUT2D eigenvalue weighted by Crippen LogP contribution is 2.23. The second-order valence-corrected chi connectivity index (χ2v) is 7.50. The summed E-state index contributed by atoms with van der Waals surface area (Å²) in [5, 5.41) is 2.62. The van der Waals surface area contributed by atoms with Crippen LogP contribution in [0.4, 0.5) is 18.0 Å². The Morgan fingerprint density at radius 2 is 1.83 bits per heavy atom. The van der Waals surface area contributed by atoms with Gasteiger partial charge in [-0.1, -0.05) is 30.3 Å². The molecule has 0 saturated carbocycles. The Labute approximate surface area is 173 Å². The van der Waals surface area contributed by atoms with Crippen LogP contribution in [0.15, 0.2) is 48.7 Å². The number of alkyl halides is 3. The summed E-state index contributed by atoms with van der Waals surface area (Å²) in [5.74, 6) is -0.185. The van der Waals surface area contributed by atoms with Gasteiger partial charge in [0.2, 0.25) is 5.88 Å². The van der Waals surface area contributed by atoms with Crippen molar-refractivity contribution in [2.24, 2.45) is 0 Å². The normalized spacial score (nSPS) is 12.9. The zero-order valence-electron chi connectivity index (χ0n) is 17.0. The van der Waals surface area contributed by atoms with Crippen molar-refractivity contribution in [3.05, 3.63) is 59.8 Å². The highest BCUT2D eigenvalue weighted by Gasteiger charge is 2.29. The standard InChI is InChI=1S/C21H25F3N2O4/c1-20(2,3)30-19(27)26-12-17(28-13-15-7-5-4-6-8-15)16-9-10-25-18(11-16)29-14-21(22,23)24/h4-11,17H,12-14H2,1-3H3,(H,26,27)/t17-/m0/s1. The second kappa shape index (κ2) is 10.3. The van der Waals surface area contributed by atoms with Gasteiger partial charge in [-0.2, -0.15) is 13.2 Å². The zero-order chi connectivity index (χ0) is 22.2. The van der Waals surface area contributed by atoms with Crippen LogP contribution in [0.5, 0.6) is 5.88 Å². The molecule has 0 bridgehead atoms. The van der Waals surface area contributed by atoms with Gasteiger partial charge in [0.15, 0.2) is 6.61 Å². The minimum absolute atomic E-state index is 0.0461.